The first-order valence-corrected chi connectivity index (χ1v) is 15.9. The maximum atomic E-state index is 15.8. The number of alkyl halides is 1. The van der Waals surface area contributed by atoms with Gasteiger partial charge in [0.25, 0.3) is 13.4 Å². The van der Waals surface area contributed by atoms with Crippen molar-refractivity contribution < 1.29 is 46.3 Å². The first-order chi connectivity index (χ1) is 19.4. The molecular weight excluding hydrogens is 643 g/mol. The van der Waals surface area contributed by atoms with Crippen LogP contribution < -0.4 is 39.1 Å². The molecule has 238 valence electrons. The van der Waals surface area contributed by atoms with Gasteiger partial charge in [-0.3, -0.25) is 23.5 Å². The first kappa shape index (κ1) is 33.3. The molecule has 0 amide bonds. The number of phosphoric acid groups is 1. The molecule has 6 rings (SSSR count). The molecule has 11 N–H and O–H groups in total. The third-order valence-electron chi connectivity index (χ3n) is 6.53. The molecule has 3 aromatic heterocycles. The van der Waals surface area contributed by atoms with E-state index in [1.807, 2.05) is 4.98 Å². The van der Waals surface area contributed by atoms with Gasteiger partial charge >= 0.3 is 5.69 Å². The van der Waals surface area contributed by atoms with Crippen molar-refractivity contribution in [1.82, 2.24) is 41.4 Å². The van der Waals surface area contributed by atoms with Crippen LogP contribution in [0.1, 0.15) is 18.9 Å². The second-order valence-electron chi connectivity index (χ2n) is 9.19. The van der Waals surface area contributed by atoms with Crippen molar-refractivity contribution in [2.75, 3.05) is 18.9 Å². The molecule has 9 atom stereocenters. The normalized spacial score (nSPS) is 36.4. The van der Waals surface area contributed by atoms with E-state index in [4.69, 9.17) is 45.1 Å². The van der Waals surface area contributed by atoms with Crippen LogP contribution in [0.2, 0.25) is 0 Å². The Morgan fingerprint density at radius 3 is 2.56 bits per heavy atom. The SMILES string of the molecule is Nc1ncnc2c1ncn2[C@@H]1O[C@@H]2COP(=O)([O-])O[C@@H]3C[C@@H](COP([O-])(=S)O[C@H]2[C@H]1F)O[C@H]3n1ccc(=O)[nH]c1=O.[NH4+].[NH4+]. The smallest absolute Gasteiger partial charge is 0.330 e. The number of aromatic nitrogens is 6. The number of rotatable bonds is 2. The average Bonchev–Trinajstić information content (AvgIpc) is 3.58. The lowest BCUT2D eigenvalue weighted by atomic mass is 10.1. The average molecular weight is 671 g/mol. The van der Waals surface area contributed by atoms with E-state index < -0.39 is 82.0 Å². The van der Waals surface area contributed by atoms with Crippen LogP contribution in [0.3, 0.4) is 0 Å². The summed E-state index contributed by atoms with van der Waals surface area (Å²) in [5, 5.41) is 0. The number of anilines is 1. The second-order valence-corrected chi connectivity index (χ2v) is 13.3. The van der Waals surface area contributed by atoms with Gasteiger partial charge in [0.2, 0.25) is 0 Å². The van der Waals surface area contributed by atoms with Gasteiger partial charge in [0.05, 0.1) is 25.6 Å². The minimum atomic E-state index is -5.18. The number of imidazole rings is 1. The number of H-pyrrole nitrogens is 1. The van der Waals surface area contributed by atoms with Gasteiger partial charge in [-0.15, -0.1) is 0 Å². The Labute approximate surface area is 245 Å². The quantitative estimate of drug-likeness (QED) is 0.240. The molecule has 0 radical (unpaired) electrons. The van der Waals surface area contributed by atoms with Crippen molar-refractivity contribution in [2.24, 2.45) is 0 Å². The van der Waals surface area contributed by atoms with Gasteiger partial charge in [-0.1, -0.05) is 11.8 Å². The number of nitrogens with one attached hydrogen (secondary N) is 1. The van der Waals surface area contributed by atoms with E-state index in [9.17, 15) is 23.9 Å². The van der Waals surface area contributed by atoms with Gasteiger partial charge in [-0.05, 0) is 0 Å². The van der Waals surface area contributed by atoms with E-state index >= 15 is 4.39 Å². The number of aromatic amines is 1. The van der Waals surface area contributed by atoms with Gasteiger partial charge in [-0.25, -0.2) is 24.1 Å². The van der Waals surface area contributed by atoms with Crippen molar-refractivity contribution in [3.05, 3.63) is 45.8 Å². The molecule has 3 fully saturated rings. The van der Waals surface area contributed by atoms with E-state index in [-0.39, 0.29) is 35.7 Å². The van der Waals surface area contributed by atoms with E-state index in [1.165, 1.54) is 10.9 Å². The zero-order valence-electron chi connectivity index (χ0n) is 22.5. The number of fused-ring (bicyclic) bond motifs is 4. The molecule has 3 aliphatic rings. The van der Waals surface area contributed by atoms with E-state index in [0.717, 1.165) is 23.2 Å². The topological polar surface area (TPSA) is 316 Å². The summed E-state index contributed by atoms with van der Waals surface area (Å²) < 4.78 is 63.0. The highest BCUT2D eigenvalue weighted by Crippen LogP contribution is 2.51. The van der Waals surface area contributed by atoms with Gasteiger partial charge in [0.1, 0.15) is 36.9 Å². The van der Waals surface area contributed by atoms with Crippen LogP contribution in [0, 0.1) is 0 Å². The minimum Gasteiger partial charge on any atom is -0.780 e. The molecule has 3 aromatic rings. The monoisotopic (exact) mass is 671 g/mol. The Morgan fingerprint density at radius 1 is 1.05 bits per heavy atom. The highest BCUT2D eigenvalue weighted by atomic mass is 32.5. The molecule has 20 nitrogen and oxygen atoms in total. The van der Waals surface area contributed by atoms with Crippen molar-refractivity contribution in [3.63, 3.8) is 0 Å². The second kappa shape index (κ2) is 12.4. The maximum Gasteiger partial charge on any atom is 0.330 e. The fraction of sp³-hybridized carbons (Fsp3) is 0.526. The Morgan fingerprint density at radius 2 is 1.81 bits per heavy atom. The predicted molar refractivity (Wildman–Crippen MR) is 144 cm³/mol. The number of hydrogen-bond donors (Lipinski definition) is 4. The third-order valence-corrected chi connectivity index (χ3v) is 9.06. The molecule has 3 saturated heterocycles. The van der Waals surface area contributed by atoms with Crippen LogP contribution in [-0.2, 0) is 43.9 Å². The summed E-state index contributed by atoms with van der Waals surface area (Å²) in [6, 6.07) is 1.02. The van der Waals surface area contributed by atoms with Gasteiger partial charge in [0.15, 0.2) is 30.1 Å². The Bertz CT molecular complexity index is 1690. The van der Waals surface area contributed by atoms with Crippen LogP contribution >= 0.6 is 14.5 Å². The largest absolute Gasteiger partial charge is 0.780 e. The van der Waals surface area contributed by atoms with E-state index in [1.54, 1.807) is 0 Å². The summed E-state index contributed by atoms with van der Waals surface area (Å²) in [5.41, 5.74) is 4.46. The Hall–Kier alpha value is -2.56. The zero-order valence-corrected chi connectivity index (χ0v) is 25.1. The van der Waals surface area contributed by atoms with Crippen LogP contribution in [0.4, 0.5) is 10.2 Å². The van der Waals surface area contributed by atoms with Crippen molar-refractivity contribution in [1.29, 1.82) is 0 Å². The standard InChI is InChI=1S/C19H22FN7O11P2S.2H3N/c20-12-14-10(36-18(12)27-7-24-13-15(21)22-6-23-16(13)27)5-33-39(30,31)37-9-3-8(4-34-40(32,41)38-14)35-17(9)26-2-1-11(28)25-19(26)29;;/h1-2,6-10,12,14,17-18H,3-5H2,(H,30,31)(H,32,41)(H2,21,22,23)(H,25,28,29);2*1H3/t8-,9+,10+,12+,14+,17+,18+,40?;;/m0../s1. The lowest BCUT2D eigenvalue weighted by Crippen LogP contribution is -2.37. The van der Waals surface area contributed by atoms with Crippen LogP contribution in [0.5, 0.6) is 0 Å². The van der Waals surface area contributed by atoms with E-state index in [2.05, 4.69) is 15.0 Å². The van der Waals surface area contributed by atoms with Crippen LogP contribution in [0.25, 0.3) is 11.2 Å². The molecule has 24 heteroatoms. The predicted octanol–water partition coefficient (Wildman–Crippen LogP) is -0.895. The number of ether oxygens (including phenoxy) is 2. The van der Waals surface area contributed by atoms with Crippen molar-refractivity contribution >= 4 is 43.3 Å². The number of phosphoric ester groups is 1. The lowest BCUT2D eigenvalue weighted by molar-refractivity contribution is -0.236. The molecule has 43 heavy (non-hydrogen) atoms. The molecule has 6 heterocycles. The fourth-order valence-electron chi connectivity index (χ4n) is 4.74. The van der Waals surface area contributed by atoms with Crippen LogP contribution in [-0.4, -0.2) is 72.9 Å². The summed E-state index contributed by atoms with van der Waals surface area (Å²) in [6.07, 6.45) is -7.27. The number of nitrogens with two attached hydrogens (primary N) is 1. The van der Waals surface area contributed by atoms with Crippen molar-refractivity contribution in [2.45, 2.75) is 49.5 Å². The number of halogens is 1. The zero-order chi connectivity index (χ0) is 29.1. The molecule has 0 spiro atoms. The van der Waals surface area contributed by atoms with Crippen LogP contribution in [0.15, 0.2) is 34.5 Å². The molecule has 0 saturated carbocycles. The minimum absolute atomic E-state index is 0. The maximum absolute atomic E-state index is 15.8. The fourth-order valence-corrected chi connectivity index (χ4v) is 7.09. The van der Waals surface area contributed by atoms with Gasteiger partial charge in [0, 0.05) is 18.7 Å². The Balaban J connectivity index is 0.00000212. The number of nitrogens with zero attached hydrogens (tertiary/aromatic N) is 5. The third kappa shape index (κ3) is 6.61. The highest BCUT2D eigenvalue weighted by Gasteiger charge is 2.50. The Kier molecular flexibility index (Phi) is 9.65. The molecule has 2 unspecified atom stereocenters. The van der Waals surface area contributed by atoms with Gasteiger partial charge in [-0.2, -0.15) is 0 Å². The highest BCUT2D eigenvalue weighted by molar-refractivity contribution is 8.06. The number of nitrogen functional groups attached to an aromatic ring is 1. The molecular formula is C19H28FN9O11P2S. The summed E-state index contributed by atoms with van der Waals surface area (Å²) in [4.78, 5) is 63.7. The number of quaternary nitrogens is 2. The molecule has 2 bridgehead atoms. The first-order valence-electron chi connectivity index (χ1n) is 11.9. The summed E-state index contributed by atoms with van der Waals surface area (Å²) in [5.74, 6) is 0.0245. The summed E-state index contributed by atoms with van der Waals surface area (Å²) >= 11 is 4.98. The summed E-state index contributed by atoms with van der Waals surface area (Å²) in [7, 11) is -5.18. The summed E-state index contributed by atoms with van der Waals surface area (Å²) in [6.45, 7) is -5.78. The lowest BCUT2D eigenvalue weighted by Gasteiger charge is -2.34. The van der Waals surface area contributed by atoms with E-state index in [0.29, 0.717) is 0 Å². The molecule has 0 aliphatic carbocycles. The molecule has 3 aliphatic heterocycles. The molecule has 0 aromatic carbocycles. The number of hydrogen-bond acceptors (Lipinski definition) is 16. The van der Waals surface area contributed by atoms with Gasteiger partial charge < -0.3 is 55.4 Å². The van der Waals surface area contributed by atoms with Crippen molar-refractivity contribution in [3.8, 4) is 0 Å².